The third kappa shape index (κ3) is 2.64. The highest BCUT2D eigenvalue weighted by Gasteiger charge is 2.30. The zero-order valence-electron chi connectivity index (χ0n) is 13.1. The van der Waals surface area contributed by atoms with Crippen LogP contribution in [0.1, 0.15) is 45.2 Å². The minimum atomic E-state index is -0.513. The van der Waals surface area contributed by atoms with Crippen LogP contribution in [0, 0.1) is 11.3 Å². The average molecular weight is 287 g/mol. The summed E-state index contributed by atoms with van der Waals surface area (Å²) >= 11 is 0. The van der Waals surface area contributed by atoms with E-state index in [9.17, 15) is 4.79 Å². The molecule has 2 heterocycles. The average Bonchev–Trinajstić information content (AvgIpc) is 2.73. The van der Waals surface area contributed by atoms with E-state index in [1.165, 1.54) is 18.5 Å². The van der Waals surface area contributed by atoms with Crippen LogP contribution in [-0.4, -0.2) is 19.0 Å². The van der Waals surface area contributed by atoms with Gasteiger partial charge in [0.15, 0.2) is 0 Å². The van der Waals surface area contributed by atoms with Gasteiger partial charge in [-0.15, -0.1) is 0 Å². The molecule has 0 saturated carbocycles. The van der Waals surface area contributed by atoms with Gasteiger partial charge in [-0.05, 0) is 36.3 Å². The van der Waals surface area contributed by atoms with Gasteiger partial charge in [-0.1, -0.05) is 26.8 Å². The maximum atomic E-state index is 11.6. The topological polar surface area (TPSA) is 58.4 Å². The fourth-order valence-corrected chi connectivity index (χ4v) is 3.48. The summed E-state index contributed by atoms with van der Waals surface area (Å²) in [6.07, 6.45) is 2.46. The predicted molar refractivity (Wildman–Crippen MR) is 86.4 cm³/mol. The molecule has 21 heavy (non-hydrogen) atoms. The lowest BCUT2D eigenvalue weighted by Gasteiger charge is -2.39. The molecule has 0 spiro atoms. The van der Waals surface area contributed by atoms with Gasteiger partial charge in [-0.2, -0.15) is 0 Å². The predicted octanol–water partition coefficient (Wildman–Crippen LogP) is 2.90. The Kier molecular flexibility index (Phi) is 3.44. The quantitative estimate of drug-likeness (QED) is 0.835. The Morgan fingerprint density at radius 3 is 2.52 bits per heavy atom. The molecule has 0 aromatic heterocycles. The largest absolute Gasteiger partial charge is 0.371 e. The summed E-state index contributed by atoms with van der Waals surface area (Å²) in [4.78, 5) is 14.0. The number of anilines is 2. The van der Waals surface area contributed by atoms with Crippen molar-refractivity contribution in [1.82, 2.24) is 0 Å². The van der Waals surface area contributed by atoms with E-state index >= 15 is 0 Å². The molecule has 0 radical (unpaired) electrons. The first kappa shape index (κ1) is 14.4. The number of nitrogens with one attached hydrogen (secondary N) is 1. The smallest absolute Gasteiger partial charge is 0.245 e. The molecule has 2 aliphatic rings. The minimum absolute atomic E-state index is 0.103. The van der Waals surface area contributed by atoms with Crippen molar-refractivity contribution in [2.24, 2.45) is 17.1 Å². The number of fused-ring (bicyclic) bond motifs is 1. The molecule has 4 heteroatoms. The standard InChI is InChI=1S/C17H25N3O/c1-17(2,3)11-6-8-20(9-7-11)12-4-5-13-14(10-12)19-16(21)15(13)18/h4-5,10-11,15H,6-9,18H2,1-3H3,(H,19,21). The summed E-state index contributed by atoms with van der Waals surface area (Å²) in [5.74, 6) is 0.685. The lowest BCUT2D eigenvalue weighted by Crippen LogP contribution is -2.38. The van der Waals surface area contributed by atoms with Crippen molar-refractivity contribution in [2.45, 2.75) is 39.7 Å². The number of carbonyl (C=O) groups is 1. The second-order valence-corrected chi connectivity index (χ2v) is 7.37. The van der Waals surface area contributed by atoms with E-state index in [-0.39, 0.29) is 5.91 Å². The first-order valence-electron chi connectivity index (χ1n) is 7.81. The molecule has 2 aliphatic heterocycles. The van der Waals surface area contributed by atoms with Crippen molar-refractivity contribution in [1.29, 1.82) is 0 Å². The molecule has 1 amide bonds. The van der Waals surface area contributed by atoms with Gasteiger partial charge in [0.1, 0.15) is 6.04 Å². The van der Waals surface area contributed by atoms with Gasteiger partial charge in [0.05, 0.1) is 0 Å². The van der Waals surface area contributed by atoms with Crippen LogP contribution in [0.5, 0.6) is 0 Å². The van der Waals surface area contributed by atoms with Crippen LogP contribution in [0.25, 0.3) is 0 Å². The molecule has 4 nitrogen and oxygen atoms in total. The second kappa shape index (κ2) is 5.02. The van der Waals surface area contributed by atoms with Crippen LogP contribution in [0.2, 0.25) is 0 Å². The van der Waals surface area contributed by atoms with Crippen LogP contribution >= 0.6 is 0 Å². The molecule has 1 atom stereocenters. The molecule has 1 aromatic carbocycles. The Labute approximate surface area is 126 Å². The van der Waals surface area contributed by atoms with Crippen molar-refractivity contribution >= 4 is 17.3 Å². The lowest BCUT2D eigenvalue weighted by atomic mass is 9.75. The maximum Gasteiger partial charge on any atom is 0.245 e. The van der Waals surface area contributed by atoms with E-state index in [4.69, 9.17) is 5.73 Å². The highest BCUT2D eigenvalue weighted by molar-refractivity contribution is 6.02. The Morgan fingerprint density at radius 2 is 1.90 bits per heavy atom. The van der Waals surface area contributed by atoms with Crippen molar-refractivity contribution in [3.05, 3.63) is 23.8 Å². The van der Waals surface area contributed by atoms with Crippen LogP contribution in [0.15, 0.2) is 18.2 Å². The lowest BCUT2D eigenvalue weighted by molar-refractivity contribution is -0.116. The molecular formula is C17H25N3O. The molecule has 0 bridgehead atoms. The van der Waals surface area contributed by atoms with Gasteiger partial charge in [0.2, 0.25) is 5.91 Å². The number of nitrogens with two attached hydrogens (primary N) is 1. The van der Waals surface area contributed by atoms with Crippen molar-refractivity contribution in [2.75, 3.05) is 23.3 Å². The second-order valence-electron chi connectivity index (χ2n) is 7.37. The SMILES string of the molecule is CC(C)(C)C1CCN(c2ccc3c(c2)NC(=O)C3N)CC1. The number of hydrogen-bond acceptors (Lipinski definition) is 3. The summed E-state index contributed by atoms with van der Waals surface area (Å²) in [6, 6.07) is 5.64. The Balaban J connectivity index is 1.73. The fraction of sp³-hybridized carbons (Fsp3) is 0.588. The van der Waals surface area contributed by atoms with Crippen LogP contribution < -0.4 is 16.0 Å². The Hall–Kier alpha value is -1.55. The normalized spacial score (nSPS) is 23.1. The van der Waals surface area contributed by atoms with E-state index in [1.54, 1.807) is 0 Å². The summed E-state index contributed by atoms with van der Waals surface area (Å²) in [6.45, 7) is 9.17. The summed E-state index contributed by atoms with van der Waals surface area (Å²) in [5.41, 5.74) is 9.23. The number of nitrogens with zero attached hydrogens (tertiary/aromatic N) is 1. The number of hydrogen-bond donors (Lipinski definition) is 2. The van der Waals surface area contributed by atoms with Gasteiger partial charge >= 0.3 is 0 Å². The van der Waals surface area contributed by atoms with E-state index < -0.39 is 6.04 Å². The van der Waals surface area contributed by atoms with E-state index in [1.807, 2.05) is 6.07 Å². The van der Waals surface area contributed by atoms with Crippen molar-refractivity contribution in [3.8, 4) is 0 Å². The maximum absolute atomic E-state index is 11.6. The van der Waals surface area contributed by atoms with Crippen molar-refractivity contribution < 1.29 is 4.79 Å². The van der Waals surface area contributed by atoms with Crippen LogP contribution in [-0.2, 0) is 4.79 Å². The Bertz CT molecular complexity index is 554. The van der Waals surface area contributed by atoms with Gasteiger partial charge in [0, 0.05) is 30.0 Å². The summed E-state index contributed by atoms with van der Waals surface area (Å²) in [7, 11) is 0. The third-order valence-electron chi connectivity index (χ3n) is 5.00. The highest BCUT2D eigenvalue weighted by atomic mass is 16.2. The zero-order chi connectivity index (χ0) is 15.2. The third-order valence-corrected chi connectivity index (χ3v) is 5.00. The first-order chi connectivity index (χ1) is 9.86. The number of piperidine rings is 1. The van der Waals surface area contributed by atoms with E-state index in [0.717, 1.165) is 30.3 Å². The molecule has 1 aromatic rings. The molecule has 3 rings (SSSR count). The molecule has 1 saturated heterocycles. The fourth-order valence-electron chi connectivity index (χ4n) is 3.48. The van der Waals surface area contributed by atoms with E-state index in [2.05, 4.69) is 43.1 Å². The number of carbonyl (C=O) groups excluding carboxylic acids is 1. The summed E-state index contributed by atoms with van der Waals surface area (Å²) < 4.78 is 0. The molecule has 1 fully saturated rings. The van der Waals surface area contributed by atoms with Gasteiger partial charge in [0.25, 0.3) is 0 Å². The van der Waals surface area contributed by atoms with Crippen LogP contribution in [0.4, 0.5) is 11.4 Å². The monoisotopic (exact) mass is 287 g/mol. The van der Waals surface area contributed by atoms with Gasteiger partial charge in [-0.25, -0.2) is 0 Å². The van der Waals surface area contributed by atoms with Gasteiger partial charge in [-0.3, -0.25) is 4.79 Å². The minimum Gasteiger partial charge on any atom is -0.371 e. The Morgan fingerprint density at radius 1 is 1.24 bits per heavy atom. The first-order valence-corrected chi connectivity index (χ1v) is 7.81. The van der Waals surface area contributed by atoms with Crippen LogP contribution in [0.3, 0.4) is 0 Å². The van der Waals surface area contributed by atoms with Crippen molar-refractivity contribution in [3.63, 3.8) is 0 Å². The number of amides is 1. The molecule has 114 valence electrons. The summed E-state index contributed by atoms with van der Waals surface area (Å²) in [5, 5.41) is 2.87. The van der Waals surface area contributed by atoms with E-state index in [0.29, 0.717) is 5.41 Å². The highest BCUT2D eigenvalue weighted by Crippen LogP contribution is 2.37. The molecule has 0 aliphatic carbocycles. The molecular weight excluding hydrogens is 262 g/mol. The molecule has 3 N–H and O–H groups in total. The zero-order valence-corrected chi connectivity index (χ0v) is 13.1. The number of rotatable bonds is 1. The number of benzene rings is 1. The van der Waals surface area contributed by atoms with Gasteiger partial charge < -0.3 is 16.0 Å². The molecule has 1 unspecified atom stereocenters.